The maximum atomic E-state index is 11.8. The molecule has 0 spiro atoms. The molecule has 2 N–H and O–H groups in total. The monoisotopic (exact) mass is 426 g/mol. The molecule has 0 saturated carbocycles. The SMILES string of the molecule is CCCCC(CC)(CCCCCCCCCCCCCCCCCC(=O)O)C(=O)O. The van der Waals surface area contributed by atoms with E-state index in [0.29, 0.717) is 6.42 Å². The summed E-state index contributed by atoms with van der Waals surface area (Å²) < 4.78 is 0. The highest BCUT2D eigenvalue weighted by Gasteiger charge is 2.35. The molecule has 0 aliphatic heterocycles. The van der Waals surface area contributed by atoms with Crippen molar-refractivity contribution in [3.05, 3.63) is 0 Å². The molecule has 0 amide bonds. The van der Waals surface area contributed by atoms with E-state index >= 15 is 0 Å². The van der Waals surface area contributed by atoms with Crippen molar-refractivity contribution in [3.8, 4) is 0 Å². The van der Waals surface area contributed by atoms with Gasteiger partial charge < -0.3 is 10.2 Å². The Hall–Kier alpha value is -1.06. The average molecular weight is 427 g/mol. The van der Waals surface area contributed by atoms with Gasteiger partial charge in [-0.1, -0.05) is 117 Å². The van der Waals surface area contributed by atoms with Crippen molar-refractivity contribution < 1.29 is 19.8 Å². The predicted octanol–water partition coefficient (Wildman–Crippen LogP) is 8.37. The van der Waals surface area contributed by atoms with Crippen LogP contribution in [-0.2, 0) is 9.59 Å². The third-order valence-electron chi connectivity index (χ3n) is 6.69. The van der Waals surface area contributed by atoms with E-state index in [1.54, 1.807) is 0 Å². The minimum Gasteiger partial charge on any atom is -0.481 e. The molecule has 1 unspecified atom stereocenters. The highest BCUT2D eigenvalue weighted by Crippen LogP contribution is 2.35. The molecule has 0 aromatic heterocycles. The van der Waals surface area contributed by atoms with E-state index in [9.17, 15) is 14.7 Å². The van der Waals surface area contributed by atoms with Crippen molar-refractivity contribution in [3.63, 3.8) is 0 Å². The first kappa shape index (κ1) is 28.9. The molecule has 0 saturated heterocycles. The van der Waals surface area contributed by atoms with Gasteiger partial charge in [0.2, 0.25) is 0 Å². The Morgan fingerprint density at radius 2 is 0.933 bits per heavy atom. The van der Waals surface area contributed by atoms with Gasteiger partial charge in [-0.05, 0) is 25.7 Å². The topological polar surface area (TPSA) is 74.6 Å². The normalized spacial score (nSPS) is 13.3. The highest BCUT2D eigenvalue weighted by atomic mass is 16.4. The second-order valence-corrected chi connectivity index (χ2v) is 9.24. The van der Waals surface area contributed by atoms with Gasteiger partial charge >= 0.3 is 11.9 Å². The summed E-state index contributed by atoms with van der Waals surface area (Å²) in [6.07, 6.45) is 23.2. The summed E-state index contributed by atoms with van der Waals surface area (Å²) in [6, 6.07) is 0. The van der Waals surface area contributed by atoms with Crippen LogP contribution in [0.3, 0.4) is 0 Å². The fraction of sp³-hybridized carbons (Fsp3) is 0.923. The van der Waals surface area contributed by atoms with Gasteiger partial charge in [-0.2, -0.15) is 0 Å². The van der Waals surface area contributed by atoms with Crippen LogP contribution in [0.5, 0.6) is 0 Å². The van der Waals surface area contributed by atoms with Gasteiger partial charge in [0.15, 0.2) is 0 Å². The van der Waals surface area contributed by atoms with Crippen LogP contribution >= 0.6 is 0 Å². The lowest BCUT2D eigenvalue weighted by molar-refractivity contribution is -0.150. The fourth-order valence-electron chi connectivity index (χ4n) is 4.40. The zero-order chi connectivity index (χ0) is 22.5. The summed E-state index contributed by atoms with van der Waals surface area (Å²) in [5.41, 5.74) is -0.478. The number of carboxylic acid groups (broad SMARTS) is 2. The Balaban J connectivity index is 3.45. The smallest absolute Gasteiger partial charge is 0.309 e. The van der Waals surface area contributed by atoms with Crippen LogP contribution in [0.2, 0.25) is 0 Å². The molecule has 0 aliphatic carbocycles. The molecule has 0 radical (unpaired) electrons. The molecular formula is C26H50O4. The number of hydrogen-bond donors (Lipinski definition) is 2. The molecule has 0 aliphatic rings. The Labute approximate surface area is 186 Å². The number of aliphatic carboxylic acids is 2. The van der Waals surface area contributed by atoms with Crippen LogP contribution < -0.4 is 0 Å². The van der Waals surface area contributed by atoms with Gasteiger partial charge in [0.05, 0.1) is 5.41 Å². The molecule has 0 fully saturated rings. The van der Waals surface area contributed by atoms with Gasteiger partial charge in [0.1, 0.15) is 0 Å². The number of carboxylic acids is 2. The van der Waals surface area contributed by atoms with Crippen molar-refractivity contribution in [2.24, 2.45) is 5.41 Å². The molecule has 0 heterocycles. The van der Waals surface area contributed by atoms with E-state index in [1.165, 1.54) is 77.0 Å². The van der Waals surface area contributed by atoms with Gasteiger partial charge in [0, 0.05) is 6.42 Å². The summed E-state index contributed by atoms with van der Waals surface area (Å²) in [5, 5.41) is 18.3. The van der Waals surface area contributed by atoms with Crippen LogP contribution in [0.15, 0.2) is 0 Å². The maximum absolute atomic E-state index is 11.8. The number of hydrogen-bond acceptors (Lipinski definition) is 2. The van der Waals surface area contributed by atoms with E-state index in [0.717, 1.165) is 51.4 Å². The Morgan fingerprint density at radius 1 is 0.567 bits per heavy atom. The second-order valence-electron chi connectivity index (χ2n) is 9.24. The van der Waals surface area contributed by atoms with E-state index < -0.39 is 17.4 Å². The molecule has 0 aromatic carbocycles. The van der Waals surface area contributed by atoms with Crippen LogP contribution in [0.1, 0.15) is 149 Å². The van der Waals surface area contributed by atoms with Gasteiger partial charge in [-0.15, -0.1) is 0 Å². The zero-order valence-electron chi connectivity index (χ0n) is 20.1. The standard InChI is InChI=1S/C26H50O4/c1-3-5-22-26(4-2,25(29)30)23-20-18-16-14-12-10-8-6-7-9-11-13-15-17-19-21-24(27)28/h3-23H2,1-2H3,(H,27,28)(H,29,30). The lowest BCUT2D eigenvalue weighted by atomic mass is 9.76. The third kappa shape index (κ3) is 15.7. The molecule has 0 bridgehead atoms. The maximum Gasteiger partial charge on any atom is 0.309 e. The van der Waals surface area contributed by atoms with E-state index in [4.69, 9.17) is 5.11 Å². The van der Waals surface area contributed by atoms with Crippen molar-refractivity contribution in [2.75, 3.05) is 0 Å². The van der Waals surface area contributed by atoms with E-state index in [1.807, 2.05) is 6.92 Å². The van der Waals surface area contributed by atoms with E-state index in [-0.39, 0.29) is 0 Å². The molecule has 1 atom stereocenters. The van der Waals surface area contributed by atoms with Gasteiger partial charge in [0.25, 0.3) is 0 Å². The molecular weight excluding hydrogens is 376 g/mol. The average Bonchev–Trinajstić information content (AvgIpc) is 2.72. The van der Waals surface area contributed by atoms with Crippen LogP contribution in [0.25, 0.3) is 0 Å². The Kier molecular flexibility index (Phi) is 19.2. The second kappa shape index (κ2) is 19.9. The van der Waals surface area contributed by atoms with Crippen LogP contribution in [0.4, 0.5) is 0 Å². The zero-order valence-corrected chi connectivity index (χ0v) is 20.1. The summed E-state index contributed by atoms with van der Waals surface area (Å²) in [6.45, 7) is 4.17. The van der Waals surface area contributed by atoms with Crippen LogP contribution in [0, 0.1) is 5.41 Å². The summed E-state index contributed by atoms with van der Waals surface area (Å²) in [4.78, 5) is 22.2. The number of rotatable bonds is 23. The van der Waals surface area contributed by atoms with Crippen LogP contribution in [-0.4, -0.2) is 22.2 Å². The highest BCUT2D eigenvalue weighted by molar-refractivity contribution is 5.74. The lowest BCUT2D eigenvalue weighted by Gasteiger charge is -2.28. The first-order chi connectivity index (χ1) is 14.5. The van der Waals surface area contributed by atoms with Crippen molar-refractivity contribution in [2.45, 2.75) is 149 Å². The first-order valence-corrected chi connectivity index (χ1v) is 12.9. The largest absolute Gasteiger partial charge is 0.481 e. The summed E-state index contributed by atoms with van der Waals surface area (Å²) >= 11 is 0. The lowest BCUT2D eigenvalue weighted by Crippen LogP contribution is -2.30. The quantitative estimate of drug-likeness (QED) is 0.161. The Bertz CT molecular complexity index is 421. The summed E-state index contributed by atoms with van der Waals surface area (Å²) in [5.74, 6) is -1.26. The third-order valence-corrected chi connectivity index (χ3v) is 6.69. The molecule has 178 valence electrons. The first-order valence-electron chi connectivity index (χ1n) is 12.9. The molecule has 0 aromatic rings. The number of carbonyl (C=O) groups is 2. The van der Waals surface area contributed by atoms with Crippen molar-refractivity contribution in [1.29, 1.82) is 0 Å². The van der Waals surface area contributed by atoms with Gasteiger partial charge in [-0.3, -0.25) is 9.59 Å². The molecule has 0 rings (SSSR count). The molecule has 4 heteroatoms. The van der Waals surface area contributed by atoms with E-state index in [2.05, 4.69) is 6.92 Å². The fourth-order valence-corrected chi connectivity index (χ4v) is 4.40. The van der Waals surface area contributed by atoms with Crippen molar-refractivity contribution in [1.82, 2.24) is 0 Å². The van der Waals surface area contributed by atoms with Crippen molar-refractivity contribution >= 4 is 11.9 Å². The number of unbranched alkanes of at least 4 members (excludes halogenated alkanes) is 15. The minimum absolute atomic E-state index is 0.320. The Morgan fingerprint density at radius 3 is 1.27 bits per heavy atom. The minimum atomic E-state index is -0.672. The summed E-state index contributed by atoms with van der Waals surface area (Å²) in [7, 11) is 0. The van der Waals surface area contributed by atoms with Gasteiger partial charge in [-0.25, -0.2) is 0 Å². The molecule has 4 nitrogen and oxygen atoms in total. The molecule has 30 heavy (non-hydrogen) atoms. The predicted molar refractivity (Wildman–Crippen MR) is 126 cm³/mol.